The first kappa shape index (κ1) is 20.6. The molecule has 162 valence electrons. The topological polar surface area (TPSA) is 102 Å². The Kier molecular flexibility index (Phi) is 5.16. The minimum Gasteiger partial charge on any atom is -0.484 e. The Labute approximate surface area is 170 Å². The van der Waals surface area contributed by atoms with E-state index in [9.17, 15) is 18.0 Å². The first-order valence-electron chi connectivity index (χ1n) is 9.66. The van der Waals surface area contributed by atoms with E-state index in [0.29, 0.717) is 30.4 Å². The fourth-order valence-electron chi connectivity index (χ4n) is 3.47. The van der Waals surface area contributed by atoms with E-state index in [0.717, 1.165) is 12.8 Å². The van der Waals surface area contributed by atoms with Gasteiger partial charge in [0, 0.05) is 43.3 Å². The van der Waals surface area contributed by atoms with Crippen LogP contribution in [0.5, 0.6) is 5.75 Å². The predicted octanol–water partition coefficient (Wildman–Crippen LogP) is 2.67. The number of pyridine rings is 1. The molecule has 1 aliphatic heterocycles. The summed E-state index contributed by atoms with van der Waals surface area (Å²) in [5, 5.41) is 9.96. The van der Waals surface area contributed by atoms with E-state index in [4.69, 9.17) is 9.26 Å². The largest absolute Gasteiger partial charge is 0.484 e. The molecule has 2 aromatic heterocycles. The van der Waals surface area contributed by atoms with Crippen LogP contribution in [-0.2, 0) is 0 Å². The second-order valence-electron chi connectivity index (χ2n) is 8.12. The summed E-state index contributed by atoms with van der Waals surface area (Å²) in [6, 6.07) is 0.724. The molecule has 0 radical (unpaired) electrons. The van der Waals surface area contributed by atoms with Crippen molar-refractivity contribution in [2.24, 2.45) is 5.41 Å². The first-order valence-corrected chi connectivity index (χ1v) is 9.66. The molecular formula is C19H22F3N5O3. The molecule has 0 bridgehead atoms. The minimum absolute atomic E-state index is 0.0299. The van der Waals surface area contributed by atoms with Crippen LogP contribution < -0.4 is 15.4 Å². The van der Waals surface area contributed by atoms with Crippen molar-refractivity contribution in [3.8, 4) is 5.75 Å². The normalized spacial score (nSPS) is 19.1. The van der Waals surface area contributed by atoms with Gasteiger partial charge in [0.1, 0.15) is 17.5 Å². The molecule has 2 aromatic rings. The van der Waals surface area contributed by atoms with Crippen molar-refractivity contribution in [2.45, 2.75) is 44.8 Å². The standard InChI is InChI=1S/C19H22F3N5O3/c1-10-25-16(27-30-10)15(18(2)7-23-8-18)26-17(28)13-5-14(29-9-19(20,21)22)12(6-24-13)11-3-4-11/h5-6,11,15,23H,3-4,7-9H2,1-2H3,(H,26,28). The highest BCUT2D eigenvalue weighted by Crippen LogP contribution is 2.44. The van der Waals surface area contributed by atoms with Gasteiger partial charge in [0.2, 0.25) is 5.89 Å². The lowest BCUT2D eigenvalue weighted by atomic mass is 9.76. The zero-order valence-electron chi connectivity index (χ0n) is 16.5. The van der Waals surface area contributed by atoms with Gasteiger partial charge in [0.05, 0.1) is 0 Å². The first-order chi connectivity index (χ1) is 14.1. The van der Waals surface area contributed by atoms with E-state index in [1.807, 2.05) is 6.92 Å². The molecule has 0 spiro atoms. The Morgan fingerprint density at radius 1 is 1.43 bits per heavy atom. The maximum atomic E-state index is 12.9. The number of aryl methyl sites for hydroxylation is 1. The van der Waals surface area contributed by atoms with Crippen molar-refractivity contribution in [3.63, 3.8) is 0 Å². The lowest BCUT2D eigenvalue weighted by Crippen LogP contribution is -2.58. The Hall–Kier alpha value is -2.69. The fourth-order valence-corrected chi connectivity index (χ4v) is 3.47. The zero-order valence-corrected chi connectivity index (χ0v) is 16.5. The van der Waals surface area contributed by atoms with Crippen LogP contribution in [0.15, 0.2) is 16.8 Å². The van der Waals surface area contributed by atoms with Crippen molar-refractivity contribution in [1.29, 1.82) is 0 Å². The van der Waals surface area contributed by atoms with Crippen molar-refractivity contribution in [2.75, 3.05) is 19.7 Å². The van der Waals surface area contributed by atoms with E-state index in [2.05, 4.69) is 25.8 Å². The van der Waals surface area contributed by atoms with E-state index >= 15 is 0 Å². The number of nitrogens with one attached hydrogen (secondary N) is 2. The van der Waals surface area contributed by atoms with Crippen molar-refractivity contribution < 1.29 is 27.2 Å². The number of nitrogens with zero attached hydrogens (tertiary/aromatic N) is 3. The van der Waals surface area contributed by atoms with Gasteiger partial charge in [-0.15, -0.1) is 0 Å². The van der Waals surface area contributed by atoms with Gasteiger partial charge in [-0.05, 0) is 18.8 Å². The molecule has 11 heteroatoms. The maximum Gasteiger partial charge on any atom is 0.422 e. The van der Waals surface area contributed by atoms with Gasteiger partial charge in [0.25, 0.3) is 5.91 Å². The van der Waals surface area contributed by atoms with Gasteiger partial charge >= 0.3 is 6.18 Å². The zero-order chi connectivity index (χ0) is 21.5. The van der Waals surface area contributed by atoms with Gasteiger partial charge in [-0.3, -0.25) is 9.78 Å². The summed E-state index contributed by atoms with van der Waals surface area (Å²) in [7, 11) is 0. The van der Waals surface area contributed by atoms with E-state index in [-0.39, 0.29) is 22.8 Å². The van der Waals surface area contributed by atoms with Crippen molar-refractivity contribution >= 4 is 5.91 Å². The number of amides is 1. The van der Waals surface area contributed by atoms with Crippen LogP contribution in [0.1, 0.15) is 59.5 Å². The highest BCUT2D eigenvalue weighted by molar-refractivity contribution is 5.93. The van der Waals surface area contributed by atoms with E-state index in [1.54, 1.807) is 6.92 Å². The second-order valence-corrected chi connectivity index (χ2v) is 8.12. The average Bonchev–Trinajstić information content (AvgIpc) is 3.42. The smallest absolute Gasteiger partial charge is 0.422 e. The molecule has 1 atom stereocenters. The fraction of sp³-hybridized carbons (Fsp3) is 0.579. The molecule has 8 nitrogen and oxygen atoms in total. The third-order valence-electron chi connectivity index (χ3n) is 5.37. The molecular weight excluding hydrogens is 403 g/mol. The summed E-state index contributed by atoms with van der Waals surface area (Å²) in [5.41, 5.74) is 0.226. The number of hydrogen-bond acceptors (Lipinski definition) is 7. The molecule has 1 aliphatic carbocycles. The van der Waals surface area contributed by atoms with Gasteiger partial charge in [-0.2, -0.15) is 18.2 Å². The lowest BCUT2D eigenvalue weighted by molar-refractivity contribution is -0.153. The Morgan fingerprint density at radius 3 is 2.70 bits per heavy atom. The molecule has 0 aromatic carbocycles. The van der Waals surface area contributed by atoms with Gasteiger partial charge in [-0.25, -0.2) is 0 Å². The summed E-state index contributed by atoms with van der Waals surface area (Å²) < 4.78 is 48.0. The van der Waals surface area contributed by atoms with Gasteiger partial charge in [-0.1, -0.05) is 12.1 Å². The number of hydrogen-bond donors (Lipinski definition) is 2. The second kappa shape index (κ2) is 7.53. The molecule has 1 saturated heterocycles. The SMILES string of the molecule is Cc1nc(C(NC(=O)c2cc(OCC(F)(F)F)c(C3CC3)cn2)C2(C)CNC2)no1. The van der Waals surface area contributed by atoms with E-state index in [1.165, 1.54) is 12.3 Å². The average molecular weight is 425 g/mol. The van der Waals surface area contributed by atoms with Crippen LogP contribution in [0.4, 0.5) is 13.2 Å². The Bertz CT molecular complexity index is 938. The van der Waals surface area contributed by atoms with Crippen LogP contribution >= 0.6 is 0 Å². The third-order valence-corrected chi connectivity index (χ3v) is 5.37. The highest BCUT2D eigenvalue weighted by Gasteiger charge is 2.44. The molecule has 2 aliphatic rings. The summed E-state index contributed by atoms with van der Waals surface area (Å²) in [6.07, 6.45) is -1.32. The molecule has 2 fully saturated rings. The minimum atomic E-state index is -4.47. The number of rotatable bonds is 7. The van der Waals surface area contributed by atoms with Gasteiger partial charge in [0.15, 0.2) is 12.4 Å². The maximum absolute atomic E-state index is 12.9. The highest BCUT2D eigenvalue weighted by atomic mass is 19.4. The number of ether oxygens (including phenoxy) is 1. The summed E-state index contributed by atoms with van der Waals surface area (Å²) in [6.45, 7) is 3.48. The monoisotopic (exact) mass is 425 g/mol. The lowest BCUT2D eigenvalue weighted by Gasteiger charge is -2.44. The summed E-state index contributed by atoms with van der Waals surface area (Å²) in [5.74, 6) is 0.323. The Balaban J connectivity index is 1.57. The van der Waals surface area contributed by atoms with Crippen molar-refractivity contribution in [1.82, 2.24) is 25.8 Å². The number of halogens is 3. The van der Waals surface area contributed by atoms with Crippen molar-refractivity contribution in [3.05, 3.63) is 35.2 Å². The number of alkyl halides is 3. The van der Waals surface area contributed by atoms with Crippen LogP contribution in [0, 0.1) is 12.3 Å². The quantitative estimate of drug-likeness (QED) is 0.703. The summed E-state index contributed by atoms with van der Waals surface area (Å²) >= 11 is 0. The van der Waals surface area contributed by atoms with E-state index < -0.39 is 24.7 Å². The van der Waals surface area contributed by atoms with Crippen LogP contribution in [0.3, 0.4) is 0 Å². The Morgan fingerprint density at radius 2 is 2.17 bits per heavy atom. The third kappa shape index (κ3) is 4.40. The number of aromatic nitrogens is 3. The predicted molar refractivity (Wildman–Crippen MR) is 98.0 cm³/mol. The number of carbonyl (C=O) groups is 1. The molecule has 1 unspecified atom stereocenters. The molecule has 1 amide bonds. The molecule has 3 heterocycles. The molecule has 1 saturated carbocycles. The molecule has 2 N–H and O–H groups in total. The summed E-state index contributed by atoms with van der Waals surface area (Å²) in [4.78, 5) is 21.3. The number of carbonyl (C=O) groups excluding carboxylic acids is 1. The van der Waals surface area contributed by atoms with Crippen LogP contribution in [-0.4, -0.2) is 46.9 Å². The molecule has 4 rings (SSSR count). The van der Waals surface area contributed by atoms with Crippen LogP contribution in [0.25, 0.3) is 0 Å². The molecule has 30 heavy (non-hydrogen) atoms. The van der Waals surface area contributed by atoms with Gasteiger partial charge < -0.3 is 19.9 Å². The van der Waals surface area contributed by atoms with Crippen LogP contribution in [0.2, 0.25) is 0 Å².